The molecule has 0 fully saturated rings. The average molecular weight is 439 g/mol. The van der Waals surface area contributed by atoms with Crippen molar-refractivity contribution in [1.29, 1.82) is 0 Å². The van der Waals surface area contributed by atoms with Gasteiger partial charge in [-0.15, -0.1) is 0 Å². The molecule has 0 radical (unpaired) electrons. The average Bonchev–Trinajstić information content (AvgIpc) is 2.70. The van der Waals surface area contributed by atoms with Gasteiger partial charge in [0.1, 0.15) is 11.5 Å². The lowest BCUT2D eigenvalue weighted by Gasteiger charge is -2.27. The van der Waals surface area contributed by atoms with E-state index in [0.717, 1.165) is 17.5 Å². The fourth-order valence-corrected chi connectivity index (χ4v) is 3.90. The summed E-state index contributed by atoms with van der Waals surface area (Å²) in [4.78, 5) is 13.0. The van der Waals surface area contributed by atoms with E-state index in [-0.39, 0.29) is 16.6 Å². The maximum atomic E-state index is 13.0. The number of carbonyl (C=O) groups excluding carboxylic acids is 1. The lowest BCUT2D eigenvalue weighted by atomic mass is 9.78. The summed E-state index contributed by atoms with van der Waals surface area (Å²) in [6.07, 6.45) is 8.77. The van der Waals surface area contributed by atoms with Crippen molar-refractivity contribution in [2.75, 3.05) is 0 Å². The van der Waals surface area contributed by atoms with Crippen molar-refractivity contribution in [3.63, 3.8) is 0 Å². The summed E-state index contributed by atoms with van der Waals surface area (Å²) >= 11 is 0. The van der Waals surface area contributed by atoms with Crippen molar-refractivity contribution >= 4 is 5.97 Å². The SMILES string of the molecule is CCCCCCCCc1ccc(OC(=O)c2cc(C(C)(C)C)c(O)c(C(C)(C)C)c2)cc1. The minimum Gasteiger partial charge on any atom is -0.507 e. The largest absolute Gasteiger partial charge is 0.507 e. The van der Waals surface area contributed by atoms with Crippen LogP contribution in [-0.2, 0) is 17.3 Å². The van der Waals surface area contributed by atoms with Gasteiger partial charge in [0, 0.05) is 11.1 Å². The molecule has 0 heterocycles. The number of ether oxygens (including phenoxy) is 1. The van der Waals surface area contributed by atoms with Crippen LogP contribution in [-0.4, -0.2) is 11.1 Å². The topological polar surface area (TPSA) is 46.5 Å². The Kier molecular flexibility index (Phi) is 8.95. The molecular formula is C29H42O3. The molecule has 0 aromatic heterocycles. The molecule has 0 spiro atoms. The van der Waals surface area contributed by atoms with Crippen LogP contribution < -0.4 is 4.74 Å². The first-order valence-corrected chi connectivity index (χ1v) is 12.1. The van der Waals surface area contributed by atoms with Crippen molar-refractivity contribution in [1.82, 2.24) is 0 Å². The van der Waals surface area contributed by atoms with Gasteiger partial charge in [-0.25, -0.2) is 4.79 Å². The molecule has 0 bridgehead atoms. The van der Waals surface area contributed by atoms with E-state index in [9.17, 15) is 9.90 Å². The predicted octanol–water partition coefficient (Wildman–Crippen LogP) is 8.11. The Labute approximate surface area is 195 Å². The van der Waals surface area contributed by atoms with Gasteiger partial charge in [0.15, 0.2) is 0 Å². The molecule has 1 N–H and O–H groups in total. The molecule has 0 atom stereocenters. The number of phenols is 1. The Morgan fingerprint density at radius 2 is 1.31 bits per heavy atom. The maximum absolute atomic E-state index is 13.0. The molecule has 32 heavy (non-hydrogen) atoms. The minimum absolute atomic E-state index is 0.264. The second-order valence-corrected chi connectivity index (χ2v) is 11.0. The van der Waals surface area contributed by atoms with Gasteiger partial charge >= 0.3 is 5.97 Å². The van der Waals surface area contributed by atoms with E-state index in [4.69, 9.17) is 4.74 Å². The molecule has 0 saturated heterocycles. The third-order valence-corrected chi connectivity index (χ3v) is 5.91. The third-order valence-electron chi connectivity index (χ3n) is 5.91. The van der Waals surface area contributed by atoms with Gasteiger partial charge in [0.05, 0.1) is 5.56 Å². The molecule has 3 heteroatoms. The summed E-state index contributed by atoms with van der Waals surface area (Å²) in [7, 11) is 0. The van der Waals surface area contributed by atoms with Crippen LogP contribution in [0.15, 0.2) is 36.4 Å². The number of carbonyl (C=O) groups is 1. The van der Waals surface area contributed by atoms with Crippen LogP contribution in [0, 0.1) is 0 Å². The second kappa shape index (κ2) is 11.0. The van der Waals surface area contributed by atoms with Gasteiger partial charge in [-0.05, 0) is 53.5 Å². The van der Waals surface area contributed by atoms with Gasteiger partial charge < -0.3 is 9.84 Å². The van der Waals surface area contributed by atoms with Crippen molar-refractivity contribution in [2.24, 2.45) is 0 Å². The lowest BCUT2D eigenvalue weighted by Crippen LogP contribution is -2.20. The highest BCUT2D eigenvalue weighted by atomic mass is 16.5. The number of unbranched alkanes of at least 4 members (excludes halogenated alkanes) is 5. The number of hydrogen-bond donors (Lipinski definition) is 1. The molecule has 2 aromatic rings. The number of aromatic hydroxyl groups is 1. The highest BCUT2D eigenvalue weighted by molar-refractivity contribution is 5.92. The molecule has 0 aliphatic heterocycles. The summed E-state index contributed by atoms with van der Waals surface area (Å²) in [6.45, 7) is 14.4. The zero-order chi connectivity index (χ0) is 23.9. The molecule has 0 aliphatic rings. The summed E-state index contributed by atoms with van der Waals surface area (Å²) in [5.74, 6) is 0.412. The Hall–Kier alpha value is -2.29. The van der Waals surface area contributed by atoms with Crippen LogP contribution in [0.3, 0.4) is 0 Å². The van der Waals surface area contributed by atoms with Crippen LogP contribution in [0.5, 0.6) is 11.5 Å². The molecule has 3 nitrogen and oxygen atoms in total. The van der Waals surface area contributed by atoms with Gasteiger partial charge in [-0.2, -0.15) is 0 Å². The standard InChI is InChI=1S/C29H42O3/c1-8-9-10-11-12-13-14-21-15-17-23(18-16-21)32-27(31)22-19-24(28(2,3)4)26(30)25(20-22)29(5,6)7/h15-20,30H,8-14H2,1-7H3. The highest BCUT2D eigenvalue weighted by Crippen LogP contribution is 2.40. The van der Waals surface area contributed by atoms with E-state index in [2.05, 4.69) is 6.92 Å². The number of phenolic OH excluding ortho intramolecular Hbond substituents is 1. The van der Waals surface area contributed by atoms with E-state index in [1.807, 2.05) is 65.8 Å². The molecular weight excluding hydrogens is 396 g/mol. The lowest BCUT2D eigenvalue weighted by molar-refractivity contribution is 0.0734. The van der Waals surface area contributed by atoms with E-state index >= 15 is 0 Å². The van der Waals surface area contributed by atoms with Gasteiger partial charge in [0.2, 0.25) is 0 Å². The normalized spacial score (nSPS) is 12.1. The summed E-state index contributed by atoms with van der Waals surface area (Å²) in [6, 6.07) is 11.4. The Balaban J connectivity index is 2.10. The zero-order valence-electron chi connectivity index (χ0n) is 21.2. The number of benzene rings is 2. The first-order chi connectivity index (χ1) is 14.9. The van der Waals surface area contributed by atoms with E-state index in [0.29, 0.717) is 11.3 Å². The third kappa shape index (κ3) is 7.39. The Bertz CT molecular complexity index is 845. The monoisotopic (exact) mass is 438 g/mol. The van der Waals surface area contributed by atoms with E-state index in [1.165, 1.54) is 44.1 Å². The van der Waals surface area contributed by atoms with Crippen molar-refractivity contribution in [2.45, 2.75) is 104 Å². The number of hydrogen-bond acceptors (Lipinski definition) is 3. The number of esters is 1. The molecule has 0 aliphatic carbocycles. The minimum atomic E-state index is -0.398. The molecule has 0 unspecified atom stereocenters. The van der Waals surface area contributed by atoms with Crippen molar-refractivity contribution in [3.05, 3.63) is 58.7 Å². The maximum Gasteiger partial charge on any atom is 0.343 e. The molecule has 0 amide bonds. The fourth-order valence-electron chi connectivity index (χ4n) is 3.90. The summed E-state index contributed by atoms with van der Waals surface area (Å²) in [5, 5.41) is 10.9. The first-order valence-electron chi connectivity index (χ1n) is 12.1. The van der Waals surface area contributed by atoms with Crippen LogP contribution in [0.1, 0.15) is 114 Å². The van der Waals surface area contributed by atoms with E-state index in [1.54, 1.807) is 12.1 Å². The summed E-state index contributed by atoms with van der Waals surface area (Å²) < 4.78 is 5.68. The van der Waals surface area contributed by atoms with Crippen molar-refractivity contribution < 1.29 is 14.6 Å². The molecule has 2 rings (SSSR count). The summed E-state index contributed by atoms with van der Waals surface area (Å²) in [5.41, 5.74) is 2.66. The molecule has 176 valence electrons. The van der Waals surface area contributed by atoms with Crippen LogP contribution in [0.25, 0.3) is 0 Å². The van der Waals surface area contributed by atoms with Crippen LogP contribution >= 0.6 is 0 Å². The zero-order valence-corrected chi connectivity index (χ0v) is 21.2. The fraction of sp³-hybridized carbons (Fsp3) is 0.552. The Morgan fingerprint density at radius 1 is 0.812 bits per heavy atom. The van der Waals surface area contributed by atoms with Gasteiger partial charge in [-0.1, -0.05) is 92.7 Å². The predicted molar refractivity (Wildman–Crippen MR) is 134 cm³/mol. The van der Waals surface area contributed by atoms with Gasteiger partial charge in [-0.3, -0.25) is 0 Å². The molecule has 2 aromatic carbocycles. The van der Waals surface area contributed by atoms with Crippen LogP contribution in [0.4, 0.5) is 0 Å². The molecule has 0 saturated carbocycles. The van der Waals surface area contributed by atoms with Crippen LogP contribution in [0.2, 0.25) is 0 Å². The number of rotatable bonds is 9. The number of aryl methyl sites for hydroxylation is 1. The highest BCUT2D eigenvalue weighted by Gasteiger charge is 2.28. The van der Waals surface area contributed by atoms with Gasteiger partial charge in [0.25, 0.3) is 0 Å². The van der Waals surface area contributed by atoms with E-state index < -0.39 is 5.97 Å². The second-order valence-electron chi connectivity index (χ2n) is 11.0. The quantitative estimate of drug-likeness (QED) is 0.244. The Morgan fingerprint density at radius 3 is 1.81 bits per heavy atom. The first kappa shape index (κ1) is 26.0. The van der Waals surface area contributed by atoms with Crippen molar-refractivity contribution in [3.8, 4) is 11.5 Å². The smallest absolute Gasteiger partial charge is 0.343 e.